The van der Waals surface area contributed by atoms with Crippen molar-refractivity contribution in [2.45, 2.75) is 32.2 Å². The monoisotopic (exact) mass is 219 g/mol. The summed E-state index contributed by atoms with van der Waals surface area (Å²) in [6.45, 7) is 5.08. The molecule has 0 radical (unpaired) electrons. The third-order valence-electron chi connectivity index (χ3n) is 3.77. The smallest absolute Gasteiger partial charge is 0.119 e. The first-order chi connectivity index (χ1) is 7.76. The van der Waals surface area contributed by atoms with Crippen molar-refractivity contribution in [3.63, 3.8) is 0 Å². The minimum atomic E-state index is 0.691. The molecule has 3 atom stereocenters. The highest BCUT2D eigenvalue weighted by Gasteiger charge is 2.37. The van der Waals surface area contributed by atoms with Crippen LogP contribution in [0.2, 0.25) is 0 Å². The highest BCUT2D eigenvalue weighted by atomic mass is 16.5. The Kier molecular flexibility index (Phi) is 3.49. The van der Waals surface area contributed by atoms with E-state index in [-0.39, 0.29) is 0 Å². The lowest BCUT2D eigenvalue weighted by molar-refractivity contribution is 0.194. The maximum absolute atomic E-state index is 5.45. The second-order valence-corrected chi connectivity index (χ2v) is 4.60. The Hall–Kier alpha value is -1.02. The summed E-state index contributed by atoms with van der Waals surface area (Å²) in [5, 5.41) is 3.36. The van der Waals surface area contributed by atoms with Crippen molar-refractivity contribution in [2.24, 2.45) is 5.92 Å². The maximum atomic E-state index is 5.45. The minimum Gasteiger partial charge on any atom is -0.494 e. The number of hydrogen-bond acceptors (Lipinski definition) is 2. The van der Waals surface area contributed by atoms with E-state index in [4.69, 9.17) is 4.74 Å². The van der Waals surface area contributed by atoms with E-state index >= 15 is 0 Å². The zero-order chi connectivity index (χ0) is 11.5. The van der Waals surface area contributed by atoms with Gasteiger partial charge >= 0.3 is 0 Å². The Morgan fingerprint density at radius 1 is 1.31 bits per heavy atom. The predicted molar refractivity (Wildman–Crippen MR) is 67.0 cm³/mol. The first kappa shape index (κ1) is 11.5. The van der Waals surface area contributed by atoms with Crippen LogP contribution in [0.1, 0.15) is 31.7 Å². The van der Waals surface area contributed by atoms with E-state index < -0.39 is 0 Å². The highest BCUT2D eigenvalue weighted by Crippen LogP contribution is 2.42. The fraction of sp³-hybridized carbons (Fsp3) is 0.571. The lowest BCUT2D eigenvalue weighted by atomic mass is 9.67. The van der Waals surface area contributed by atoms with Gasteiger partial charge in [-0.05, 0) is 49.9 Å². The topological polar surface area (TPSA) is 21.3 Å². The number of ether oxygens (including phenoxy) is 1. The summed E-state index contributed by atoms with van der Waals surface area (Å²) in [7, 11) is 2.05. The molecule has 1 fully saturated rings. The van der Waals surface area contributed by atoms with Gasteiger partial charge in [-0.15, -0.1) is 0 Å². The van der Waals surface area contributed by atoms with Crippen LogP contribution < -0.4 is 10.1 Å². The van der Waals surface area contributed by atoms with Crippen LogP contribution in [-0.4, -0.2) is 19.7 Å². The SMILES string of the molecule is CCOc1ccc(C2CC(NC)C2C)cc1. The Morgan fingerprint density at radius 2 is 2.00 bits per heavy atom. The van der Waals surface area contributed by atoms with Crippen LogP contribution in [0, 0.1) is 5.92 Å². The van der Waals surface area contributed by atoms with Gasteiger partial charge in [0.25, 0.3) is 0 Å². The normalized spacial score (nSPS) is 28.6. The molecular formula is C14H21NO. The van der Waals surface area contributed by atoms with Crippen LogP contribution in [-0.2, 0) is 0 Å². The molecule has 1 aliphatic carbocycles. The summed E-state index contributed by atoms with van der Waals surface area (Å²) in [6, 6.07) is 9.27. The van der Waals surface area contributed by atoms with E-state index in [0.29, 0.717) is 12.0 Å². The molecule has 2 nitrogen and oxygen atoms in total. The molecule has 0 heterocycles. The molecular weight excluding hydrogens is 198 g/mol. The zero-order valence-electron chi connectivity index (χ0n) is 10.4. The van der Waals surface area contributed by atoms with Crippen molar-refractivity contribution >= 4 is 0 Å². The second kappa shape index (κ2) is 4.88. The van der Waals surface area contributed by atoms with Gasteiger partial charge in [-0.2, -0.15) is 0 Å². The van der Waals surface area contributed by atoms with Crippen molar-refractivity contribution in [1.29, 1.82) is 0 Å². The van der Waals surface area contributed by atoms with E-state index in [9.17, 15) is 0 Å². The van der Waals surface area contributed by atoms with Gasteiger partial charge in [0.2, 0.25) is 0 Å². The first-order valence-electron chi connectivity index (χ1n) is 6.16. The lowest BCUT2D eigenvalue weighted by Gasteiger charge is -2.43. The fourth-order valence-electron chi connectivity index (χ4n) is 2.59. The molecule has 0 saturated heterocycles. The number of nitrogens with one attached hydrogen (secondary N) is 1. The summed E-state index contributed by atoms with van der Waals surface area (Å²) in [6.07, 6.45) is 1.26. The Labute approximate surface area is 98.0 Å². The number of rotatable bonds is 4. The van der Waals surface area contributed by atoms with Crippen molar-refractivity contribution in [3.8, 4) is 5.75 Å². The number of benzene rings is 1. The zero-order valence-corrected chi connectivity index (χ0v) is 10.4. The summed E-state index contributed by atoms with van der Waals surface area (Å²) < 4.78 is 5.45. The van der Waals surface area contributed by atoms with Gasteiger partial charge in [-0.1, -0.05) is 19.1 Å². The lowest BCUT2D eigenvalue weighted by Crippen LogP contribution is -2.46. The minimum absolute atomic E-state index is 0.691. The summed E-state index contributed by atoms with van der Waals surface area (Å²) >= 11 is 0. The van der Waals surface area contributed by atoms with E-state index in [1.165, 1.54) is 12.0 Å². The molecule has 2 heteroatoms. The van der Waals surface area contributed by atoms with Crippen molar-refractivity contribution in [3.05, 3.63) is 29.8 Å². The molecule has 2 rings (SSSR count). The quantitative estimate of drug-likeness (QED) is 0.840. The Balaban J connectivity index is 2.00. The van der Waals surface area contributed by atoms with Gasteiger partial charge in [-0.3, -0.25) is 0 Å². The molecule has 1 aromatic rings. The third-order valence-corrected chi connectivity index (χ3v) is 3.77. The van der Waals surface area contributed by atoms with Crippen molar-refractivity contribution < 1.29 is 4.74 Å². The fourth-order valence-corrected chi connectivity index (χ4v) is 2.59. The van der Waals surface area contributed by atoms with Crippen LogP contribution in [0.15, 0.2) is 24.3 Å². The van der Waals surface area contributed by atoms with Crippen molar-refractivity contribution in [1.82, 2.24) is 5.32 Å². The molecule has 1 saturated carbocycles. The largest absolute Gasteiger partial charge is 0.494 e. The molecule has 0 amide bonds. The molecule has 0 aliphatic heterocycles. The second-order valence-electron chi connectivity index (χ2n) is 4.60. The summed E-state index contributed by atoms with van der Waals surface area (Å²) in [4.78, 5) is 0. The van der Waals surface area contributed by atoms with Gasteiger partial charge in [0, 0.05) is 6.04 Å². The highest BCUT2D eigenvalue weighted by molar-refractivity contribution is 5.31. The molecule has 1 aromatic carbocycles. The van der Waals surface area contributed by atoms with Gasteiger partial charge in [-0.25, -0.2) is 0 Å². The predicted octanol–water partition coefficient (Wildman–Crippen LogP) is 2.80. The third kappa shape index (κ3) is 2.07. The molecule has 0 bridgehead atoms. The van der Waals surface area contributed by atoms with Gasteiger partial charge < -0.3 is 10.1 Å². The Bertz CT molecular complexity index is 333. The van der Waals surface area contributed by atoms with Gasteiger partial charge in [0.1, 0.15) is 5.75 Å². The van der Waals surface area contributed by atoms with E-state index in [1.807, 2.05) is 6.92 Å². The van der Waals surface area contributed by atoms with Gasteiger partial charge in [0.05, 0.1) is 6.61 Å². The van der Waals surface area contributed by atoms with E-state index in [2.05, 4.69) is 43.6 Å². The standard InChI is InChI=1S/C14H21NO/c1-4-16-12-7-5-11(6-8-12)13-9-14(15-3)10(13)2/h5-8,10,13-15H,4,9H2,1-3H3. The van der Waals surface area contributed by atoms with Crippen LogP contribution in [0.5, 0.6) is 5.75 Å². The van der Waals surface area contributed by atoms with Gasteiger partial charge in [0.15, 0.2) is 0 Å². The van der Waals surface area contributed by atoms with Crippen molar-refractivity contribution in [2.75, 3.05) is 13.7 Å². The average molecular weight is 219 g/mol. The van der Waals surface area contributed by atoms with E-state index in [1.54, 1.807) is 0 Å². The van der Waals surface area contributed by atoms with Crippen LogP contribution >= 0.6 is 0 Å². The summed E-state index contributed by atoms with van der Waals surface area (Å²) in [5.41, 5.74) is 1.45. The number of hydrogen-bond donors (Lipinski definition) is 1. The van der Waals surface area contributed by atoms with Crippen LogP contribution in [0.4, 0.5) is 0 Å². The first-order valence-corrected chi connectivity index (χ1v) is 6.16. The van der Waals surface area contributed by atoms with Crippen LogP contribution in [0.25, 0.3) is 0 Å². The summed E-state index contributed by atoms with van der Waals surface area (Å²) in [5.74, 6) is 2.43. The molecule has 0 spiro atoms. The molecule has 88 valence electrons. The molecule has 3 unspecified atom stereocenters. The molecule has 16 heavy (non-hydrogen) atoms. The van der Waals surface area contributed by atoms with E-state index in [0.717, 1.165) is 18.3 Å². The maximum Gasteiger partial charge on any atom is 0.119 e. The molecule has 1 N–H and O–H groups in total. The van der Waals surface area contributed by atoms with Crippen LogP contribution in [0.3, 0.4) is 0 Å². The molecule has 0 aromatic heterocycles. The molecule has 1 aliphatic rings. The Morgan fingerprint density at radius 3 is 2.50 bits per heavy atom. The average Bonchev–Trinajstić information content (AvgIpc) is 2.30.